The Labute approximate surface area is 225 Å². The molecule has 184 valence electrons. The van der Waals surface area contributed by atoms with Gasteiger partial charge in [0.2, 0.25) is 11.8 Å². The first-order valence-electron chi connectivity index (χ1n) is 11.4. The molecule has 0 aliphatic rings. The minimum atomic E-state index is -0.714. The minimum absolute atomic E-state index is 0.0537. The van der Waals surface area contributed by atoms with Crippen molar-refractivity contribution in [1.82, 2.24) is 10.2 Å². The molecule has 0 spiro atoms. The molecule has 3 rings (SSSR count). The number of nitrogens with zero attached hydrogens (tertiary/aromatic N) is 1. The second-order valence-corrected chi connectivity index (χ2v) is 11.3. The summed E-state index contributed by atoms with van der Waals surface area (Å²) in [5.74, 6) is -0.397. The van der Waals surface area contributed by atoms with Crippen molar-refractivity contribution in [2.45, 2.75) is 51.7 Å². The summed E-state index contributed by atoms with van der Waals surface area (Å²) in [5.41, 5.74) is 2.10. The molecule has 4 nitrogen and oxygen atoms in total. The Morgan fingerprint density at radius 2 is 1.63 bits per heavy atom. The number of hydrogen-bond acceptors (Lipinski definition) is 2. The third-order valence-corrected chi connectivity index (χ3v) is 6.45. The summed E-state index contributed by atoms with van der Waals surface area (Å²) in [4.78, 5) is 29.0. The zero-order valence-corrected chi connectivity index (χ0v) is 23.1. The maximum atomic E-state index is 13.8. The molecule has 1 N–H and O–H groups in total. The lowest BCUT2D eigenvalue weighted by atomic mass is 10.00. The summed E-state index contributed by atoms with van der Waals surface area (Å²) in [6.45, 7) is 6.06. The van der Waals surface area contributed by atoms with Gasteiger partial charge in [0.25, 0.3) is 0 Å². The van der Waals surface area contributed by atoms with Crippen molar-refractivity contribution in [2.24, 2.45) is 0 Å². The fraction of sp³-hybridized carbons (Fsp3) is 0.286. The van der Waals surface area contributed by atoms with Crippen LogP contribution in [0, 0.1) is 0 Å². The van der Waals surface area contributed by atoms with E-state index in [-0.39, 0.29) is 24.8 Å². The summed E-state index contributed by atoms with van der Waals surface area (Å²) >= 11 is 15.9. The Morgan fingerprint density at radius 1 is 0.943 bits per heavy atom. The normalized spacial score (nSPS) is 12.2. The van der Waals surface area contributed by atoms with Gasteiger partial charge in [-0.1, -0.05) is 87.7 Å². The number of hydrogen-bond donors (Lipinski definition) is 1. The molecule has 0 aromatic heterocycles. The van der Waals surface area contributed by atoms with Crippen LogP contribution in [-0.2, 0) is 29.0 Å². The van der Waals surface area contributed by atoms with Gasteiger partial charge in [-0.2, -0.15) is 0 Å². The maximum Gasteiger partial charge on any atom is 0.243 e. The number of nitrogens with one attached hydrogen (secondary N) is 1. The molecule has 0 fully saturated rings. The summed E-state index contributed by atoms with van der Waals surface area (Å²) in [5, 5.41) is 4.00. The molecule has 1 atom stereocenters. The van der Waals surface area contributed by atoms with E-state index in [0.717, 1.165) is 15.6 Å². The Kier molecular flexibility index (Phi) is 9.40. The molecular formula is C28H29BrCl2N2O2. The monoisotopic (exact) mass is 574 g/mol. The van der Waals surface area contributed by atoms with Gasteiger partial charge >= 0.3 is 0 Å². The number of benzene rings is 3. The van der Waals surface area contributed by atoms with Gasteiger partial charge in [0.15, 0.2) is 0 Å². The standard InChI is InChI=1S/C28H29BrCl2N2O2/c1-28(2,3)32-27(35)25(15-19-8-5-4-6-9-19)33(18-20-10-7-11-22(29)14-20)26(34)16-21-12-13-23(30)17-24(21)31/h4-14,17,25H,15-16,18H2,1-3H3,(H,32,35)/t25-/m1/s1. The third-order valence-electron chi connectivity index (χ3n) is 5.37. The Bertz CT molecular complexity index is 1180. The van der Waals surface area contributed by atoms with E-state index in [1.807, 2.05) is 75.4 Å². The van der Waals surface area contributed by atoms with Gasteiger partial charge in [0, 0.05) is 33.0 Å². The highest BCUT2D eigenvalue weighted by atomic mass is 79.9. The molecule has 7 heteroatoms. The molecule has 0 heterocycles. The first-order chi connectivity index (χ1) is 16.5. The average Bonchev–Trinajstić information content (AvgIpc) is 2.77. The quantitative estimate of drug-likeness (QED) is 0.319. The third kappa shape index (κ3) is 8.38. The van der Waals surface area contributed by atoms with Crippen LogP contribution in [0.5, 0.6) is 0 Å². The van der Waals surface area contributed by atoms with Crippen molar-refractivity contribution in [2.75, 3.05) is 0 Å². The lowest BCUT2D eigenvalue weighted by Crippen LogP contribution is -2.54. The summed E-state index contributed by atoms with van der Waals surface area (Å²) in [7, 11) is 0. The Morgan fingerprint density at radius 3 is 2.26 bits per heavy atom. The summed E-state index contributed by atoms with van der Waals surface area (Å²) in [6, 6.07) is 21.8. The minimum Gasteiger partial charge on any atom is -0.350 e. The summed E-state index contributed by atoms with van der Waals surface area (Å²) < 4.78 is 0.905. The van der Waals surface area contributed by atoms with Crippen molar-refractivity contribution in [1.29, 1.82) is 0 Å². The van der Waals surface area contributed by atoms with E-state index in [1.165, 1.54) is 0 Å². The molecule has 0 saturated carbocycles. The van der Waals surface area contributed by atoms with Gasteiger partial charge in [0.05, 0.1) is 6.42 Å². The number of amides is 2. The SMILES string of the molecule is CC(C)(C)NC(=O)[C@@H](Cc1ccccc1)N(Cc1cccc(Br)c1)C(=O)Cc1ccc(Cl)cc1Cl. The van der Waals surface area contributed by atoms with Crippen LogP contribution < -0.4 is 5.32 Å². The van der Waals surface area contributed by atoms with E-state index in [4.69, 9.17) is 23.2 Å². The van der Waals surface area contributed by atoms with Crippen molar-refractivity contribution in [3.63, 3.8) is 0 Å². The maximum absolute atomic E-state index is 13.8. The smallest absolute Gasteiger partial charge is 0.243 e. The zero-order valence-electron chi connectivity index (χ0n) is 20.0. The van der Waals surface area contributed by atoms with E-state index in [2.05, 4.69) is 21.2 Å². The molecule has 3 aromatic carbocycles. The van der Waals surface area contributed by atoms with Crippen LogP contribution in [0.4, 0.5) is 0 Å². The van der Waals surface area contributed by atoms with E-state index in [1.54, 1.807) is 23.1 Å². The highest BCUT2D eigenvalue weighted by molar-refractivity contribution is 9.10. The van der Waals surface area contributed by atoms with Crippen molar-refractivity contribution in [3.8, 4) is 0 Å². The van der Waals surface area contributed by atoms with Crippen LogP contribution >= 0.6 is 39.1 Å². The van der Waals surface area contributed by atoms with Gasteiger partial charge in [0.1, 0.15) is 6.04 Å². The van der Waals surface area contributed by atoms with Crippen LogP contribution in [0.2, 0.25) is 10.0 Å². The van der Waals surface area contributed by atoms with Gasteiger partial charge in [-0.05, 0) is 61.7 Å². The molecule has 35 heavy (non-hydrogen) atoms. The second kappa shape index (κ2) is 12.1. The number of rotatable bonds is 8. The lowest BCUT2D eigenvalue weighted by molar-refractivity contribution is -0.141. The Balaban J connectivity index is 2.01. The molecule has 0 radical (unpaired) electrons. The molecular weight excluding hydrogens is 547 g/mol. The van der Waals surface area contributed by atoms with E-state index < -0.39 is 11.6 Å². The predicted octanol–water partition coefficient (Wildman–Crippen LogP) is 6.85. The van der Waals surface area contributed by atoms with Gasteiger partial charge in [-0.15, -0.1) is 0 Å². The van der Waals surface area contributed by atoms with Crippen LogP contribution in [0.1, 0.15) is 37.5 Å². The molecule has 0 saturated heterocycles. The van der Waals surface area contributed by atoms with Gasteiger partial charge in [-0.3, -0.25) is 9.59 Å². The van der Waals surface area contributed by atoms with Crippen LogP contribution in [-0.4, -0.2) is 28.3 Å². The van der Waals surface area contributed by atoms with Crippen LogP contribution in [0.25, 0.3) is 0 Å². The molecule has 0 aliphatic carbocycles. The van der Waals surface area contributed by atoms with Gasteiger partial charge < -0.3 is 10.2 Å². The Hall–Kier alpha value is -2.34. The lowest BCUT2D eigenvalue weighted by Gasteiger charge is -2.34. The zero-order chi connectivity index (χ0) is 25.6. The summed E-state index contributed by atoms with van der Waals surface area (Å²) in [6.07, 6.45) is 0.439. The largest absolute Gasteiger partial charge is 0.350 e. The molecule has 0 aliphatic heterocycles. The average molecular weight is 576 g/mol. The van der Waals surface area contributed by atoms with Gasteiger partial charge in [-0.25, -0.2) is 0 Å². The van der Waals surface area contributed by atoms with E-state index in [0.29, 0.717) is 22.0 Å². The highest BCUT2D eigenvalue weighted by Gasteiger charge is 2.32. The molecule has 3 aromatic rings. The van der Waals surface area contributed by atoms with Crippen LogP contribution in [0.15, 0.2) is 77.3 Å². The van der Waals surface area contributed by atoms with Crippen LogP contribution in [0.3, 0.4) is 0 Å². The number of carbonyl (C=O) groups is 2. The van der Waals surface area contributed by atoms with E-state index in [9.17, 15) is 9.59 Å². The first-order valence-corrected chi connectivity index (χ1v) is 12.9. The highest BCUT2D eigenvalue weighted by Crippen LogP contribution is 2.24. The first kappa shape index (κ1) is 27.3. The van der Waals surface area contributed by atoms with Crippen molar-refractivity contribution in [3.05, 3.63) is 104 Å². The van der Waals surface area contributed by atoms with Crippen molar-refractivity contribution >= 4 is 50.9 Å². The topological polar surface area (TPSA) is 49.4 Å². The molecule has 0 bridgehead atoms. The number of carbonyl (C=O) groups excluding carboxylic acids is 2. The van der Waals surface area contributed by atoms with E-state index >= 15 is 0 Å². The fourth-order valence-corrected chi connectivity index (χ4v) is 4.69. The fourth-order valence-electron chi connectivity index (χ4n) is 3.77. The number of halogens is 3. The van der Waals surface area contributed by atoms with Crippen molar-refractivity contribution < 1.29 is 9.59 Å². The second-order valence-electron chi connectivity index (χ2n) is 9.51. The predicted molar refractivity (Wildman–Crippen MR) is 147 cm³/mol. The molecule has 2 amide bonds. The molecule has 0 unspecified atom stereocenters.